The highest BCUT2D eigenvalue weighted by molar-refractivity contribution is 5.98. The Kier molecular flexibility index (Phi) is 6.23. The lowest BCUT2D eigenvalue weighted by molar-refractivity contribution is -0.140. The van der Waals surface area contributed by atoms with E-state index in [1.165, 1.54) is 19.2 Å². The maximum atomic E-state index is 13.2. The van der Waals surface area contributed by atoms with Crippen LogP contribution in [0.5, 0.6) is 5.75 Å². The van der Waals surface area contributed by atoms with E-state index in [-0.39, 0.29) is 28.6 Å². The second-order valence-corrected chi connectivity index (χ2v) is 7.47. The molecule has 4 rings (SSSR count). The van der Waals surface area contributed by atoms with E-state index < -0.39 is 23.8 Å². The van der Waals surface area contributed by atoms with Gasteiger partial charge in [0.1, 0.15) is 17.0 Å². The average Bonchev–Trinajstić information content (AvgIpc) is 3.24. The third-order valence-corrected chi connectivity index (χ3v) is 5.11. The quantitative estimate of drug-likeness (QED) is 0.591. The molecule has 1 atom stereocenters. The van der Waals surface area contributed by atoms with E-state index in [0.29, 0.717) is 37.3 Å². The van der Waals surface area contributed by atoms with Gasteiger partial charge >= 0.3 is 6.18 Å². The number of amides is 1. The number of carbonyl (C=O) groups is 1. The van der Waals surface area contributed by atoms with Gasteiger partial charge in [-0.25, -0.2) is 15.0 Å². The van der Waals surface area contributed by atoms with Gasteiger partial charge in [0.15, 0.2) is 11.5 Å². The molecule has 12 heteroatoms. The Hall–Kier alpha value is -3.22. The van der Waals surface area contributed by atoms with Gasteiger partial charge in [-0.3, -0.25) is 10.2 Å². The Bertz CT molecular complexity index is 1170. The number of alkyl halides is 3. The fourth-order valence-electron chi connectivity index (χ4n) is 3.49. The molecule has 1 fully saturated rings. The topological polar surface area (TPSA) is 116 Å². The molecule has 0 unspecified atom stereocenters. The monoisotopic (exact) mass is 465 g/mol. The van der Waals surface area contributed by atoms with Crippen LogP contribution in [-0.4, -0.2) is 54.3 Å². The van der Waals surface area contributed by atoms with Crippen LogP contribution in [0.2, 0.25) is 0 Å². The van der Waals surface area contributed by atoms with Gasteiger partial charge < -0.3 is 19.6 Å². The molecule has 2 aromatic heterocycles. The lowest BCUT2D eigenvalue weighted by atomic mass is 10.1. The standard InChI is InChI=1S/C21H22F3N5O4/c1-11(25)18-17(19(30)28-29-7-9-32-10-8-29)27-20(33-18)13-3-5-14(31-2)16-12(13)4-6-15(26-16)21(22,23)24/h3-6,11H,7-10,25H2,1-2H3,(H,28,30)/t11-/m0/s1. The Morgan fingerprint density at radius 2 is 1.94 bits per heavy atom. The number of methoxy groups -OCH3 is 1. The molecule has 1 saturated heterocycles. The minimum absolute atomic E-state index is 0.00432. The number of oxazole rings is 1. The zero-order chi connectivity index (χ0) is 23.8. The van der Waals surface area contributed by atoms with Crippen LogP contribution in [0.3, 0.4) is 0 Å². The number of rotatable bonds is 5. The van der Waals surface area contributed by atoms with Crippen molar-refractivity contribution >= 4 is 16.8 Å². The second-order valence-electron chi connectivity index (χ2n) is 7.47. The number of ether oxygens (including phenoxy) is 2. The van der Waals surface area contributed by atoms with Crippen molar-refractivity contribution in [1.82, 2.24) is 20.4 Å². The van der Waals surface area contributed by atoms with Crippen LogP contribution in [0, 0.1) is 0 Å². The SMILES string of the molecule is COc1ccc(-c2nc(C(=O)NN3CCOCC3)c([C@H](C)N)o2)c2ccc(C(F)(F)F)nc12. The molecule has 0 bridgehead atoms. The number of morpholine rings is 1. The van der Waals surface area contributed by atoms with Gasteiger partial charge in [-0.05, 0) is 31.2 Å². The molecule has 1 amide bonds. The summed E-state index contributed by atoms with van der Waals surface area (Å²) in [5.74, 6) is -0.165. The van der Waals surface area contributed by atoms with Crippen molar-refractivity contribution in [1.29, 1.82) is 0 Å². The Balaban J connectivity index is 1.78. The summed E-state index contributed by atoms with van der Waals surface area (Å²) in [6.45, 7) is 3.63. The number of hydrogen-bond acceptors (Lipinski definition) is 8. The second kappa shape index (κ2) is 8.96. The summed E-state index contributed by atoms with van der Waals surface area (Å²) < 4.78 is 55.9. The molecule has 3 N–H and O–H groups in total. The van der Waals surface area contributed by atoms with Crippen molar-refractivity contribution in [2.45, 2.75) is 19.1 Å². The first-order chi connectivity index (χ1) is 15.7. The Labute approximate surface area is 186 Å². The molecule has 0 saturated carbocycles. The number of halogens is 3. The molecule has 1 aliphatic heterocycles. The van der Waals surface area contributed by atoms with Crippen LogP contribution in [0.25, 0.3) is 22.4 Å². The van der Waals surface area contributed by atoms with Gasteiger partial charge in [-0.1, -0.05) is 0 Å². The molecule has 0 spiro atoms. The fraction of sp³-hybridized carbons (Fsp3) is 0.381. The summed E-state index contributed by atoms with van der Waals surface area (Å²) in [5.41, 5.74) is 8.03. The van der Waals surface area contributed by atoms with Gasteiger partial charge in [-0.2, -0.15) is 13.2 Å². The maximum Gasteiger partial charge on any atom is 0.433 e. The van der Waals surface area contributed by atoms with Crippen LogP contribution >= 0.6 is 0 Å². The first-order valence-electron chi connectivity index (χ1n) is 10.1. The lowest BCUT2D eigenvalue weighted by Gasteiger charge is -2.26. The molecule has 0 radical (unpaired) electrons. The Morgan fingerprint density at radius 3 is 2.58 bits per heavy atom. The van der Waals surface area contributed by atoms with Gasteiger partial charge in [-0.15, -0.1) is 0 Å². The third-order valence-electron chi connectivity index (χ3n) is 5.11. The Morgan fingerprint density at radius 1 is 1.21 bits per heavy atom. The summed E-state index contributed by atoms with van der Waals surface area (Å²) in [6.07, 6.45) is -4.62. The number of nitrogens with one attached hydrogen (secondary N) is 1. The normalized spacial score (nSPS) is 16.1. The summed E-state index contributed by atoms with van der Waals surface area (Å²) in [7, 11) is 1.34. The van der Waals surface area contributed by atoms with Crippen molar-refractivity contribution in [2.24, 2.45) is 5.73 Å². The van der Waals surface area contributed by atoms with Crippen molar-refractivity contribution < 1.29 is 31.9 Å². The molecule has 3 aromatic rings. The van der Waals surface area contributed by atoms with Crippen LogP contribution in [0.1, 0.15) is 34.9 Å². The number of nitrogens with two attached hydrogens (primary N) is 1. The average molecular weight is 465 g/mol. The van der Waals surface area contributed by atoms with Crippen molar-refractivity contribution in [2.75, 3.05) is 33.4 Å². The number of hydrazine groups is 1. The molecule has 9 nitrogen and oxygen atoms in total. The van der Waals surface area contributed by atoms with E-state index in [1.54, 1.807) is 18.0 Å². The number of hydrogen-bond donors (Lipinski definition) is 2. The van der Waals surface area contributed by atoms with Gasteiger partial charge in [0.2, 0.25) is 5.89 Å². The summed E-state index contributed by atoms with van der Waals surface area (Å²) >= 11 is 0. The highest BCUT2D eigenvalue weighted by Gasteiger charge is 2.33. The van der Waals surface area contributed by atoms with Crippen molar-refractivity contribution in [3.05, 3.63) is 41.4 Å². The van der Waals surface area contributed by atoms with E-state index in [9.17, 15) is 18.0 Å². The maximum absolute atomic E-state index is 13.2. The molecule has 176 valence electrons. The number of pyridine rings is 1. The lowest BCUT2D eigenvalue weighted by Crippen LogP contribution is -2.48. The van der Waals surface area contributed by atoms with Crippen molar-refractivity contribution in [3.8, 4) is 17.2 Å². The zero-order valence-electron chi connectivity index (χ0n) is 17.9. The smallest absolute Gasteiger partial charge is 0.433 e. The van der Waals surface area contributed by atoms with Crippen molar-refractivity contribution in [3.63, 3.8) is 0 Å². The predicted octanol–water partition coefficient (Wildman–Crippen LogP) is 2.91. The molecule has 1 aliphatic rings. The minimum atomic E-state index is -4.62. The summed E-state index contributed by atoms with van der Waals surface area (Å²) in [4.78, 5) is 20.9. The van der Waals surface area contributed by atoms with E-state index >= 15 is 0 Å². The van der Waals surface area contributed by atoms with E-state index in [0.717, 1.165) is 6.07 Å². The number of benzene rings is 1. The molecule has 1 aromatic carbocycles. The first kappa shape index (κ1) is 23.0. The van der Waals surface area contributed by atoms with Gasteiger partial charge in [0.25, 0.3) is 5.91 Å². The molecule has 0 aliphatic carbocycles. The summed E-state index contributed by atoms with van der Waals surface area (Å²) in [6, 6.07) is 4.53. The van der Waals surface area contributed by atoms with Gasteiger partial charge in [0, 0.05) is 24.0 Å². The number of nitrogens with zero attached hydrogens (tertiary/aromatic N) is 3. The van der Waals surface area contributed by atoms with Crippen LogP contribution in [0.4, 0.5) is 13.2 Å². The van der Waals surface area contributed by atoms with Crippen LogP contribution < -0.4 is 15.9 Å². The molecular formula is C21H22F3N5O4. The number of aromatic nitrogens is 2. The largest absolute Gasteiger partial charge is 0.494 e. The highest BCUT2D eigenvalue weighted by atomic mass is 19.4. The number of carbonyl (C=O) groups excluding carboxylic acids is 1. The third kappa shape index (κ3) is 4.63. The van der Waals surface area contributed by atoms with E-state index in [1.807, 2.05) is 0 Å². The predicted molar refractivity (Wildman–Crippen MR) is 111 cm³/mol. The highest BCUT2D eigenvalue weighted by Crippen LogP contribution is 2.37. The molecule has 3 heterocycles. The molecular weight excluding hydrogens is 443 g/mol. The van der Waals surface area contributed by atoms with Crippen LogP contribution in [-0.2, 0) is 10.9 Å². The summed E-state index contributed by atoms with van der Waals surface area (Å²) in [5, 5.41) is 2.02. The minimum Gasteiger partial charge on any atom is -0.494 e. The number of fused-ring (bicyclic) bond motifs is 1. The van der Waals surface area contributed by atoms with Gasteiger partial charge in [0.05, 0.1) is 26.4 Å². The van der Waals surface area contributed by atoms with E-state index in [4.69, 9.17) is 19.6 Å². The van der Waals surface area contributed by atoms with Crippen LogP contribution in [0.15, 0.2) is 28.7 Å². The zero-order valence-corrected chi connectivity index (χ0v) is 17.9. The van der Waals surface area contributed by atoms with E-state index in [2.05, 4.69) is 15.4 Å². The fourth-order valence-corrected chi connectivity index (χ4v) is 3.49. The first-order valence-corrected chi connectivity index (χ1v) is 10.1. The molecule has 33 heavy (non-hydrogen) atoms.